The highest BCUT2D eigenvalue weighted by atomic mass is 16.2. The molecule has 0 aromatic heterocycles. The van der Waals surface area contributed by atoms with Crippen LogP contribution in [0.15, 0.2) is 0 Å². The summed E-state index contributed by atoms with van der Waals surface area (Å²) in [6.45, 7) is 2.35. The molecular weight excluding hydrogens is 388 g/mol. The quantitative estimate of drug-likeness (QED) is 0.703. The molecule has 0 atom stereocenters. The molecule has 9 heteroatoms. The largest absolute Gasteiger partial charge is 0.333 e. The Bertz CT molecular complexity index is 773. The molecule has 4 rings (SSSR count). The van der Waals surface area contributed by atoms with Crippen LogP contribution in [0.5, 0.6) is 0 Å². The van der Waals surface area contributed by atoms with E-state index >= 15 is 0 Å². The van der Waals surface area contributed by atoms with Crippen molar-refractivity contribution in [1.82, 2.24) is 20.0 Å². The molecule has 0 radical (unpaired) electrons. The first-order valence-electron chi connectivity index (χ1n) is 10.9. The molecular formula is C21H30N4O5. The van der Waals surface area contributed by atoms with E-state index in [1.807, 2.05) is 6.92 Å². The smallest absolute Gasteiger partial charge is 0.332 e. The summed E-state index contributed by atoms with van der Waals surface area (Å²) < 4.78 is 0. The van der Waals surface area contributed by atoms with Crippen molar-refractivity contribution < 1.29 is 24.0 Å². The molecule has 2 aliphatic heterocycles. The third kappa shape index (κ3) is 3.37. The van der Waals surface area contributed by atoms with Crippen LogP contribution in [0.3, 0.4) is 0 Å². The highest BCUT2D eigenvalue weighted by Crippen LogP contribution is 2.59. The molecule has 7 amide bonds. The van der Waals surface area contributed by atoms with Gasteiger partial charge in [-0.15, -0.1) is 0 Å². The van der Waals surface area contributed by atoms with Gasteiger partial charge in [0.05, 0.1) is 12.0 Å². The normalized spacial score (nSPS) is 34.7. The first-order chi connectivity index (χ1) is 14.2. The predicted octanol–water partition coefficient (Wildman–Crippen LogP) is 2.00. The van der Waals surface area contributed by atoms with Crippen molar-refractivity contribution in [2.24, 2.45) is 5.41 Å². The van der Waals surface area contributed by atoms with Gasteiger partial charge >= 0.3 is 12.1 Å². The lowest BCUT2D eigenvalue weighted by Gasteiger charge is -2.60. The number of hydrogen-bond donors (Lipinski definition) is 1. The molecule has 1 N–H and O–H groups in total. The molecule has 9 nitrogen and oxygen atoms in total. The van der Waals surface area contributed by atoms with Gasteiger partial charge in [-0.25, -0.2) is 9.59 Å². The fourth-order valence-electron chi connectivity index (χ4n) is 5.85. The monoisotopic (exact) mass is 418 g/mol. The summed E-state index contributed by atoms with van der Waals surface area (Å²) in [7, 11) is 1.49. The van der Waals surface area contributed by atoms with E-state index in [0.717, 1.165) is 43.4 Å². The Labute approximate surface area is 176 Å². The fraction of sp³-hybridized carbons (Fsp3) is 0.762. The standard InChI is InChI=1S/C21H30N4O5/c1-3-4-9-24-15(26)10-16(27)25(19(24)30)14-5-7-20(8-6-14)12-21(13-20)11-17(28)23(2)18(29)22-21/h14H,3-13H2,1-2H3,(H,22,29). The van der Waals surface area contributed by atoms with Crippen molar-refractivity contribution in [2.45, 2.75) is 82.7 Å². The Kier molecular flexibility index (Phi) is 5.10. The Hall–Kier alpha value is -2.45. The van der Waals surface area contributed by atoms with E-state index in [9.17, 15) is 24.0 Å². The second kappa shape index (κ2) is 7.35. The minimum absolute atomic E-state index is 0.0551. The maximum atomic E-state index is 12.9. The molecule has 0 unspecified atom stereocenters. The zero-order valence-corrected chi connectivity index (χ0v) is 17.7. The molecule has 30 heavy (non-hydrogen) atoms. The topological polar surface area (TPSA) is 107 Å². The first kappa shape index (κ1) is 20.8. The van der Waals surface area contributed by atoms with Gasteiger partial charge in [-0.2, -0.15) is 0 Å². The molecule has 4 aliphatic rings. The van der Waals surface area contributed by atoms with Crippen molar-refractivity contribution in [1.29, 1.82) is 0 Å². The minimum Gasteiger partial charge on any atom is -0.332 e. The summed E-state index contributed by atoms with van der Waals surface area (Å²) in [5, 5.41) is 3.00. The second-order valence-electron chi connectivity index (χ2n) is 9.55. The van der Waals surface area contributed by atoms with Crippen molar-refractivity contribution in [3.63, 3.8) is 0 Å². The van der Waals surface area contributed by atoms with Crippen molar-refractivity contribution in [3.8, 4) is 0 Å². The lowest BCUT2D eigenvalue weighted by Crippen LogP contribution is -2.69. The minimum atomic E-state index is -0.469. The van der Waals surface area contributed by atoms with Crippen LogP contribution in [0.4, 0.5) is 9.59 Å². The number of urea groups is 2. The van der Waals surface area contributed by atoms with Gasteiger partial charge in [-0.3, -0.25) is 29.1 Å². The van der Waals surface area contributed by atoms with E-state index in [-0.39, 0.29) is 29.8 Å². The van der Waals surface area contributed by atoms with Crippen LogP contribution in [-0.2, 0) is 14.4 Å². The van der Waals surface area contributed by atoms with E-state index in [1.165, 1.54) is 16.8 Å². The van der Waals surface area contributed by atoms with Gasteiger partial charge in [0, 0.05) is 19.6 Å². The Balaban J connectivity index is 1.37. The van der Waals surface area contributed by atoms with Crippen LogP contribution in [0.2, 0.25) is 0 Å². The van der Waals surface area contributed by atoms with Crippen molar-refractivity contribution in [2.75, 3.05) is 13.6 Å². The summed E-state index contributed by atoms with van der Waals surface area (Å²) in [4.78, 5) is 65.3. The molecule has 164 valence electrons. The van der Waals surface area contributed by atoms with Gasteiger partial charge in [-0.05, 0) is 50.4 Å². The maximum absolute atomic E-state index is 12.9. The zero-order valence-electron chi connectivity index (χ0n) is 17.7. The van der Waals surface area contributed by atoms with Gasteiger partial charge in [0.1, 0.15) is 6.42 Å². The van der Waals surface area contributed by atoms with Gasteiger partial charge in [-0.1, -0.05) is 13.3 Å². The molecule has 4 fully saturated rings. The summed E-state index contributed by atoms with van der Waals surface area (Å²) >= 11 is 0. The van der Waals surface area contributed by atoms with Crippen LogP contribution < -0.4 is 5.32 Å². The van der Waals surface area contributed by atoms with Crippen molar-refractivity contribution >= 4 is 29.8 Å². The van der Waals surface area contributed by atoms with Crippen LogP contribution in [-0.4, -0.2) is 69.7 Å². The van der Waals surface area contributed by atoms with Gasteiger partial charge in [0.25, 0.3) is 0 Å². The Morgan fingerprint density at radius 1 is 1.00 bits per heavy atom. The van der Waals surface area contributed by atoms with Crippen molar-refractivity contribution in [3.05, 3.63) is 0 Å². The average molecular weight is 418 g/mol. The summed E-state index contributed by atoms with van der Waals surface area (Å²) in [6.07, 6.45) is 6.32. The number of nitrogens with one attached hydrogen (secondary N) is 1. The predicted molar refractivity (Wildman–Crippen MR) is 106 cm³/mol. The van der Waals surface area contributed by atoms with Crippen LogP contribution in [0.25, 0.3) is 0 Å². The third-order valence-electron chi connectivity index (χ3n) is 7.39. The molecule has 0 aromatic rings. The molecule has 0 aromatic carbocycles. The number of amides is 7. The van der Waals surface area contributed by atoms with Crippen LogP contribution >= 0.6 is 0 Å². The van der Waals surface area contributed by atoms with Gasteiger partial charge < -0.3 is 5.32 Å². The molecule has 2 saturated carbocycles. The van der Waals surface area contributed by atoms with Gasteiger partial charge in [0.15, 0.2) is 0 Å². The maximum Gasteiger partial charge on any atom is 0.333 e. The van der Waals surface area contributed by atoms with E-state index < -0.39 is 23.4 Å². The average Bonchev–Trinajstić information content (AvgIpc) is 2.66. The molecule has 2 aliphatic carbocycles. The van der Waals surface area contributed by atoms with E-state index in [4.69, 9.17) is 0 Å². The number of unbranched alkanes of at least 4 members (excludes halogenated alkanes) is 1. The summed E-state index contributed by atoms with van der Waals surface area (Å²) in [5.41, 5.74) is -0.382. The van der Waals surface area contributed by atoms with E-state index in [0.29, 0.717) is 25.8 Å². The SMILES string of the molecule is CCCCN1C(=O)CC(=O)N(C2CCC3(CC2)CC2(CC(=O)N(C)C(=O)N2)C3)C1=O. The number of imide groups is 3. The lowest BCUT2D eigenvalue weighted by atomic mass is 9.50. The van der Waals surface area contributed by atoms with Crippen LogP contribution in [0, 0.1) is 5.41 Å². The third-order valence-corrected chi connectivity index (χ3v) is 7.39. The number of nitrogens with zero attached hydrogens (tertiary/aromatic N) is 3. The van der Waals surface area contributed by atoms with Gasteiger partial charge in [0.2, 0.25) is 17.7 Å². The summed E-state index contributed by atoms with van der Waals surface area (Å²) in [6, 6.07) is -0.988. The number of barbiturate groups is 1. The molecule has 2 spiro atoms. The number of rotatable bonds is 4. The molecule has 2 saturated heterocycles. The van der Waals surface area contributed by atoms with E-state index in [2.05, 4.69) is 5.32 Å². The zero-order chi connectivity index (χ0) is 21.7. The Morgan fingerprint density at radius 2 is 1.67 bits per heavy atom. The number of carbonyl (C=O) groups excluding carboxylic acids is 5. The number of hydrogen-bond acceptors (Lipinski definition) is 5. The highest BCUT2D eigenvalue weighted by molar-refractivity contribution is 6.14. The lowest BCUT2D eigenvalue weighted by molar-refractivity contribution is -0.147. The Morgan fingerprint density at radius 3 is 2.27 bits per heavy atom. The molecule has 0 bridgehead atoms. The fourth-order valence-corrected chi connectivity index (χ4v) is 5.85. The second-order valence-corrected chi connectivity index (χ2v) is 9.55. The number of carbonyl (C=O) groups is 5. The summed E-state index contributed by atoms with van der Waals surface area (Å²) in [5.74, 6) is -0.939. The first-order valence-corrected chi connectivity index (χ1v) is 10.9. The molecule has 2 heterocycles. The van der Waals surface area contributed by atoms with E-state index in [1.54, 1.807) is 0 Å². The highest BCUT2D eigenvalue weighted by Gasteiger charge is 2.59. The van der Waals surface area contributed by atoms with Crippen LogP contribution in [0.1, 0.15) is 71.1 Å².